The highest BCUT2D eigenvalue weighted by molar-refractivity contribution is 5.35. The average molecular weight is 285 g/mol. The Kier molecular flexibility index (Phi) is 4.20. The fourth-order valence-corrected chi connectivity index (χ4v) is 3.02. The van der Waals surface area contributed by atoms with Gasteiger partial charge in [0.2, 0.25) is 0 Å². The van der Waals surface area contributed by atoms with Crippen molar-refractivity contribution < 1.29 is 9.13 Å². The molecule has 0 radical (unpaired) electrons. The minimum Gasteiger partial charge on any atom is -0.493 e. The molecule has 0 spiro atoms. The number of benzene rings is 2. The molecule has 1 aliphatic rings. The van der Waals surface area contributed by atoms with Crippen LogP contribution in [-0.4, -0.2) is 19.7 Å². The van der Waals surface area contributed by atoms with E-state index >= 15 is 0 Å². The summed E-state index contributed by atoms with van der Waals surface area (Å²) in [5.41, 5.74) is 2.00. The number of hydrogen-bond donors (Lipinski definition) is 1. The molecule has 0 amide bonds. The number of para-hydroxylation sites is 1. The molecule has 2 unspecified atom stereocenters. The van der Waals surface area contributed by atoms with Gasteiger partial charge in [-0.2, -0.15) is 0 Å². The number of ether oxygens (including phenoxy) is 1. The van der Waals surface area contributed by atoms with E-state index in [1.165, 1.54) is 11.6 Å². The SMILES string of the molecule is CNC(Cc1ccccc1F)C1COc2ccccc2C1. The Labute approximate surface area is 125 Å². The predicted molar refractivity (Wildman–Crippen MR) is 82.1 cm³/mol. The van der Waals surface area contributed by atoms with Gasteiger partial charge in [-0.25, -0.2) is 4.39 Å². The standard InChI is InChI=1S/C18H20FNO/c1-20-17(11-13-6-2-4-8-16(13)19)15-10-14-7-3-5-9-18(14)21-12-15/h2-9,15,17,20H,10-12H2,1H3. The summed E-state index contributed by atoms with van der Waals surface area (Å²) in [4.78, 5) is 0. The van der Waals surface area contributed by atoms with E-state index < -0.39 is 0 Å². The molecule has 0 bridgehead atoms. The molecular weight excluding hydrogens is 265 g/mol. The van der Waals surface area contributed by atoms with E-state index in [1.807, 2.05) is 37.4 Å². The Bertz CT molecular complexity index is 614. The smallest absolute Gasteiger partial charge is 0.126 e. The molecule has 1 N–H and O–H groups in total. The molecule has 2 aromatic rings. The van der Waals surface area contributed by atoms with Gasteiger partial charge in [0.15, 0.2) is 0 Å². The van der Waals surface area contributed by atoms with Crippen molar-refractivity contribution in [1.29, 1.82) is 0 Å². The highest BCUT2D eigenvalue weighted by Crippen LogP contribution is 2.29. The summed E-state index contributed by atoms with van der Waals surface area (Å²) in [6.45, 7) is 0.678. The monoisotopic (exact) mass is 285 g/mol. The Hall–Kier alpha value is -1.87. The second-order valence-corrected chi connectivity index (χ2v) is 5.57. The lowest BCUT2D eigenvalue weighted by molar-refractivity contribution is 0.186. The predicted octanol–water partition coefficient (Wildman–Crippen LogP) is 3.21. The molecule has 0 fully saturated rings. The van der Waals surface area contributed by atoms with Crippen LogP contribution in [0, 0.1) is 11.7 Å². The van der Waals surface area contributed by atoms with Crippen LogP contribution in [0.4, 0.5) is 4.39 Å². The fourth-order valence-electron chi connectivity index (χ4n) is 3.02. The molecule has 0 saturated carbocycles. The number of rotatable bonds is 4. The molecule has 2 atom stereocenters. The van der Waals surface area contributed by atoms with Crippen LogP contribution in [0.3, 0.4) is 0 Å². The zero-order chi connectivity index (χ0) is 14.7. The van der Waals surface area contributed by atoms with Crippen molar-refractivity contribution >= 4 is 0 Å². The third kappa shape index (κ3) is 3.08. The van der Waals surface area contributed by atoms with E-state index in [1.54, 1.807) is 6.07 Å². The molecule has 0 aliphatic carbocycles. The topological polar surface area (TPSA) is 21.3 Å². The van der Waals surface area contributed by atoms with E-state index in [2.05, 4.69) is 11.4 Å². The normalized spacial score (nSPS) is 18.7. The first kappa shape index (κ1) is 14.1. The molecule has 21 heavy (non-hydrogen) atoms. The lowest BCUT2D eigenvalue weighted by atomic mass is 9.87. The van der Waals surface area contributed by atoms with Gasteiger partial charge in [-0.3, -0.25) is 0 Å². The zero-order valence-corrected chi connectivity index (χ0v) is 12.2. The van der Waals surface area contributed by atoms with Crippen molar-refractivity contribution in [3.8, 4) is 5.75 Å². The molecule has 3 rings (SSSR count). The van der Waals surface area contributed by atoms with E-state index in [4.69, 9.17) is 4.74 Å². The summed E-state index contributed by atoms with van der Waals surface area (Å²) in [7, 11) is 1.94. The second-order valence-electron chi connectivity index (χ2n) is 5.57. The fraction of sp³-hybridized carbons (Fsp3) is 0.333. The highest BCUT2D eigenvalue weighted by atomic mass is 19.1. The van der Waals surface area contributed by atoms with Crippen LogP contribution in [0.5, 0.6) is 5.75 Å². The van der Waals surface area contributed by atoms with E-state index in [0.29, 0.717) is 18.9 Å². The van der Waals surface area contributed by atoms with Gasteiger partial charge in [0.05, 0.1) is 6.61 Å². The van der Waals surface area contributed by atoms with E-state index in [0.717, 1.165) is 17.7 Å². The van der Waals surface area contributed by atoms with Crippen LogP contribution in [0.2, 0.25) is 0 Å². The van der Waals surface area contributed by atoms with Crippen LogP contribution in [0.1, 0.15) is 11.1 Å². The van der Waals surface area contributed by atoms with Crippen molar-refractivity contribution in [3.05, 3.63) is 65.5 Å². The average Bonchev–Trinajstić information content (AvgIpc) is 2.54. The van der Waals surface area contributed by atoms with Crippen molar-refractivity contribution in [1.82, 2.24) is 5.32 Å². The molecule has 2 nitrogen and oxygen atoms in total. The third-order valence-corrected chi connectivity index (χ3v) is 4.25. The Morgan fingerprint density at radius 2 is 1.95 bits per heavy atom. The summed E-state index contributed by atoms with van der Waals surface area (Å²) < 4.78 is 19.7. The van der Waals surface area contributed by atoms with Gasteiger partial charge in [-0.1, -0.05) is 36.4 Å². The molecule has 0 saturated heterocycles. The minimum absolute atomic E-state index is 0.130. The van der Waals surface area contributed by atoms with Crippen molar-refractivity contribution in [3.63, 3.8) is 0 Å². The maximum atomic E-state index is 13.8. The Balaban J connectivity index is 1.74. The molecule has 110 valence electrons. The zero-order valence-electron chi connectivity index (χ0n) is 12.2. The Morgan fingerprint density at radius 3 is 2.76 bits per heavy atom. The van der Waals surface area contributed by atoms with E-state index in [9.17, 15) is 4.39 Å². The molecular formula is C18H20FNO. The first-order valence-corrected chi connectivity index (χ1v) is 7.39. The van der Waals surface area contributed by atoms with Gasteiger partial charge in [0.25, 0.3) is 0 Å². The quantitative estimate of drug-likeness (QED) is 0.931. The highest BCUT2D eigenvalue weighted by Gasteiger charge is 2.27. The summed E-state index contributed by atoms with van der Waals surface area (Å²) in [6.07, 6.45) is 1.65. The van der Waals surface area contributed by atoms with Crippen molar-refractivity contribution in [2.45, 2.75) is 18.9 Å². The number of fused-ring (bicyclic) bond motifs is 1. The number of hydrogen-bond acceptors (Lipinski definition) is 2. The maximum Gasteiger partial charge on any atom is 0.126 e. The number of likely N-dealkylation sites (N-methyl/N-ethyl adjacent to an activating group) is 1. The number of halogens is 1. The van der Waals surface area contributed by atoms with Gasteiger partial charge < -0.3 is 10.1 Å². The van der Waals surface area contributed by atoms with Crippen molar-refractivity contribution in [2.75, 3.05) is 13.7 Å². The van der Waals surface area contributed by atoms with Crippen LogP contribution < -0.4 is 10.1 Å². The largest absolute Gasteiger partial charge is 0.493 e. The lowest BCUT2D eigenvalue weighted by Gasteiger charge is -2.31. The first-order valence-electron chi connectivity index (χ1n) is 7.39. The van der Waals surface area contributed by atoms with Gasteiger partial charge in [0, 0.05) is 12.0 Å². The van der Waals surface area contributed by atoms with Crippen LogP contribution in [-0.2, 0) is 12.8 Å². The van der Waals surface area contributed by atoms with Gasteiger partial charge in [-0.05, 0) is 43.1 Å². The minimum atomic E-state index is -0.130. The lowest BCUT2D eigenvalue weighted by Crippen LogP contribution is -2.41. The van der Waals surface area contributed by atoms with Gasteiger partial charge >= 0.3 is 0 Å². The molecule has 1 aliphatic heterocycles. The Morgan fingerprint density at radius 1 is 1.19 bits per heavy atom. The second kappa shape index (κ2) is 6.27. The van der Waals surface area contributed by atoms with Crippen LogP contribution >= 0.6 is 0 Å². The summed E-state index contributed by atoms with van der Waals surface area (Å²) in [5.74, 6) is 1.20. The third-order valence-electron chi connectivity index (χ3n) is 4.25. The first-order chi connectivity index (χ1) is 10.3. The molecule has 2 aromatic carbocycles. The summed E-state index contributed by atoms with van der Waals surface area (Å²) in [6, 6.07) is 15.4. The van der Waals surface area contributed by atoms with Crippen LogP contribution in [0.25, 0.3) is 0 Å². The number of nitrogens with one attached hydrogen (secondary N) is 1. The maximum absolute atomic E-state index is 13.8. The molecule has 0 aromatic heterocycles. The summed E-state index contributed by atoms with van der Waals surface area (Å²) in [5, 5.41) is 3.33. The summed E-state index contributed by atoms with van der Waals surface area (Å²) >= 11 is 0. The van der Waals surface area contributed by atoms with Gasteiger partial charge in [-0.15, -0.1) is 0 Å². The van der Waals surface area contributed by atoms with E-state index in [-0.39, 0.29) is 11.9 Å². The molecule has 1 heterocycles. The van der Waals surface area contributed by atoms with Crippen LogP contribution in [0.15, 0.2) is 48.5 Å². The van der Waals surface area contributed by atoms with Crippen molar-refractivity contribution in [2.24, 2.45) is 5.92 Å². The van der Waals surface area contributed by atoms with Gasteiger partial charge in [0.1, 0.15) is 11.6 Å². The molecule has 3 heteroatoms.